The molecule has 1 fully saturated rings. The minimum atomic E-state index is -0.946. The molecule has 1 amide bonds. The highest BCUT2D eigenvalue weighted by atomic mass is 16.5. The van der Waals surface area contributed by atoms with E-state index in [1.165, 1.54) is 0 Å². The summed E-state index contributed by atoms with van der Waals surface area (Å²) in [5.74, 6) is -1.25. The summed E-state index contributed by atoms with van der Waals surface area (Å²) in [6, 6.07) is 7.67. The summed E-state index contributed by atoms with van der Waals surface area (Å²) in [4.78, 5) is 26.6. The fraction of sp³-hybridized carbons (Fsp3) is 0.375. The van der Waals surface area contributed by atoms with Gasteiger partial charge in [0.05, 0.1) is 18.6 Å². The smallest absolute Gasteiger partial charge is 0.305 e. The van der Waals surface area contributed by atoms with Crippen molar-refractivity contribution in [1.29, 1.82) is 0 Å². The largest absolute Gasteiger partial charge is 0.481 e. The summed E-state index contributed by atoms with van der Waals surface area (Å²) >= 11 is 0. The molecule has 1 aliphatic rings. The molecule has 3 rings (SSSR count). The maximum absolute atomic E-state index is 12.5. The van der Waals surface area contributed by atoms with Crippen LogP contribution < -0.4 is 5.32 Å². The molecule has 0 bridgehead atoms. The number of benzene rings is 1. The number of rotatable bonds is 4. The lowest BCUT2D eigenvalue weighted by Crippen LogP contribution is -2.50. The summed E-state index contributed by atoms with van der Waals surface area (Å²) in [5.41, 5.74) is 1.60. The fourth-order valence-electron chi connectivity index (χ4n) is 2.85. The Hall–Kier alpha value is -2.34. The van der Waals surface area contributed by atoms with Crippen molar-refractivity contribution in [2.45, 2.75) is 25.3 Å². The van der Waals surface area contributed by atoms with Crippen molar-refractivity contribution >= 4 is 22.8 Å². The van der Waals surface area contributed by atoms with Gasteiger partial charge in [-0.05, 0) is 31.0 Å². The van der Waals surface area contributed by atoms with E-state index >= 15 is 0 Å². The molecular formula is C16H18N2O4. The second kappa shape index (κ2) is 5.46. The SMILES string of the molecule is Cc1ccc2cc(C(=O)NC3(CC(=O)O)CCOC3)[nH]c2c1. The minimum absolute atomic E-state index is 0.141. The number of carbonyl (C=O) groups excluding carboxylic acids is 1. The second-order valence-electron chi connectivity index (χ2n) is 5.88. The van der Waals surface area contributed by atoms with Crippen molar-refractivity contribution in [3.05, 3.63) is 35.5 Å². The quantitative estimate of drug-likeness (QED) is 0.803. The number of ether oxygens (including phenoxy) is 1. The molecule has 3 N–H and O–H groups in total. The third-order valence-electron chi connectivity index (χ3n) is 3.99. The van der Waals surface area contributed by atoms with Gasteiger partial charge in [0.15, 0.2) is 0 Å². The van der Waals surface area contributed by atoms with Crippen molar-refractivity contribution in [3.8, 4) is 0 Å². The molecule has 22 heavy (non-hydrogen) atoms. The van der Waals surface area contributed by atoms with Gasteiger partial charge in [-0.25, -0.2) is 0 Å². The molecular weight excluding hydrogens is 284 g/mol. The molecule has 116 valence electrons. The summed E-state index contributed by atoms with van der Waals surface area (Å²) in [7, 11) is 0. The number of amides is 1. The number of aromatic amines is 1. The van der Waals surface area contributed by atoms with E-state index < -0.39 is 11.5 Å². The van der Waals surface area contributed by atoms with Crippen molar-refractivity contribution in [3.63, 3.8) is 0 Å². The molecule has 1 aromatic carbocycles. The molecule has 1 aromatic heterocycles. The molecule has 6 heteroatoms. The van der Waals surface area contributed by atoms with Gasteiger partial charge in [-0.3, -0.25) is 9.59 Å². The maximum atomic E-state index is 12.5. The molecule has 0 radical (unpaired) electrons. The van der Waals surface area contributed by atoms with Crippen LogP contribution in [-0.4, -0.2) is 40.7 Å². The van der Waals surface area contributed by atoms with Crippen LogP contribution in [0.1, 0.15) is 28.9 Å². The van der Waals surface area contributed by atoms with E-state index in [1.54, 1.807) is 6.07 Å². The summed E-state index contributed by atoms with van der Waals surface area (Å²) in [6.07, 6.45) is 0.364. The number of aryl methyl sites for hydroxylation is 1. The minimum Gasteiger partial charge on any atom is -0.481 e. The molecule has 1 saturated heterocycles. The van der Waals surface area contributed by atoms with Gasteiger partial charge in [-0.2, -0.15) is 0 Å². The molecule has 1 unspecified atom stereocenters. The molecule has 2 aromatic rings. The number of hydrogen-bond donors (Lipinski definition) is 3. The highest BCUT2D eigenvalue weighted by molar-refractivity contribution is 5.98. The zero-order valence-electron chi connectivity index (χ0n) is 12.3. The lowest BCUT2D eigenvalue weighted by molar-refractivity contribution is -0.138. The Labute approximate surface area is 127 Å². The first-order valence-electron chi connectivity index (χ1n) is 7.19. The molecule has 2 heterocycles. The van der Waals surface area contributed by atoms with E-state index in [0.29, 0.717) is 18.7 Å². The van der Waals surface area contributed by atoms with Gasteiger partial charge < -0.3 is 20.1 Å². The average molecular weight is 302 g/mol. The van der Waals surface area contributed by atoms with Gasteiger partial charge in [-0.15, -0.1) is 0 Å². The van der Waals surface area contributed by atoms with Crippen molar-refractivity contribution in [2.24, 2.45) is 0 Å². The van der Waals surface area contributed by atoms with Gasteiger partial charge >= 0.3 is 5.97 Å². The topological polar surface area (TPSA) is 91.4 Å². The number of aliphatic carboxylic acids is 1. The van der Waals surface area contributed by atoms with E-state index in [4.69, 9.17) is 9.84 Å². The van der Waals surface area contributed by atoms with Gasteiger partial charge in [0, 0.05) is 17.5 Å². The lowest BCUT2D eigenvalue weighted by atomic mass is 9.94. The van der Waals surface area contributed by atoms with Crippen molar-refractivity contribution in [2.75, 3.05) is 13.2 Å². The third-order valence-corrected chi connectivity index (χ3v) is 3.99. The normalized spacial score (nSPS) is 21.1. The van der Waals surface area contributed by atoms with Crippen LogP contribution in [0.5, 0.6) is 0 Å². The monoisotopic (exact) mass is 302 g/mol. The number of hydrogen-bond acceptors (Lipinski definition) is 3. The lowest BCUT2D eigenvalue weighted by Gasteiger charge is -2.26. The number of carbonyl (C=O) groups is 2. The van der Waals surface area contributed by atoms with Crippen LogP contribution >= 0.6 is 0 Å². The third kappa shape index (κ3) is 2.82. The fourth-order valence-corrected chi connectivity index (χ4v) is 2.85. The van der Waals surface area contributed by atoms with Crippen molar-refractivity contribution < 1.29 is 19.4 Å². The van der Waals surface area contributed by atoms with E-state index in [2.05, 4.69) is 10.3 Å². The van der Waals surface area contributed by atoms with Crippen LogP contribution in [0.15, 0.2) is 24.3 Å². The number of H-pyrrole nitrogens is 1. The van der Waals surface area contributed by atoms with E-state index in [0.717, 1.165) is 16.5 Å². The van der Waals surface area contributed by atoms with E-state index in [-0.39, 0.29) is 18.9 Å². The van der Waals surface area contributed by atoms with Gasteiger partial charge in [0.2, 0.25) is 0 Å². The Morgan fingerprint density at radius 1 is 1.41 bits per heavy atom. The number of aromatic nitrogens is 1. The highest BCUT2D eigenvalue weighted by Crippen LogP contribution is 2.24. The predicted molar refractivity (Wildman–Crippen MR) is 80.9 cm³/mol. The molecule has 0 spiro atoms. The summed E-state index contributed by atoms with van der Waals surface area (Å²) in [5, 5.41) is 12.8. The van der Waals surface area contributed by atoms with Crippen LogP contribution in [0.4, 0.5) is 0 Å². The zero-order chi connectivity index (χ0) is 15.7. The number of nitrogens with one attached hydrogen (secondary N) is 2. The van der Waals surface area contributed by atoms with Crippen LogP contribution in [0.2, 0.25) is 0 Å². The standard InChI is InChI=1S/C16H18N2O4/c1-10-2-3-11-7-13(17-12(11)6-10)15(21)18-16(8-14(19)20)4-5-22-9-16/h2-3,6-7,17H,4-5,8-9H2,1H3,(H,18,21)(H,19,20). The maximum Gasteiger partial charge on any atom is 0.305 e. The number of carboxylic acid groups (broad SMARTS) is 1. The van der Waals surface area contributed by atoms with Crippen LogP contribution in [-0.2, 0) is 9.53 Å². The molecule has 6 nitrogen and oxygen atoms in total. The number of carboxylic acids is 1. The van der Waals surface area contributed by atoms with Crippen LogP contribution in [0.25, 0.3) is 10.9 Å². The first kappa shape index (κ1) is 14.6. The summed E-state index contributed by atoms with van der Waals surface area (Å²) in [6.45, 7) is 2.67. The van der Waals surface area contributed by atoms with Gasteiger partial charge in [0.25, 0.3) is 5.91 Å². The first-order valence-corrected chi connectivity index (χ1v) is 7.19. The van der Waals surface area contributed by atoms with Crippen molar-refractivity contribution in [1.82, 2.24) is 10.3 Å². The zero-order valence-corrected chi connectivity index (χ0v) is 12.3. The van der Waals surface area contributed by atoms with Crippen LogP contribution in [0.3, 0.4) is 0 Å². The second-order valence-corrected chi connectivity index (χ2v) is 5.88. The summed E-state index contributed by atoms with van der Waals surface area (Å²) < 4.78 is 5.28. The highest BCUT2D eigenvalue weighted by Gasteiger charge is 2.39. The Kier molecular flexibility index (Phi) is 3.62. The Bertz CT molecular complexity index is 729. The first-order chi connectivity index (χ1) is 10.5. The van der Waals surface area contributed by atoms with Gasteiger partial charge in [0.1, 0.15) is 5.69 Å². The van der Waals surface area contributed by atoms with Gasteiger partial charge in [-0.1, -0.05) is 12.1 Å². The Balaban J connectivity index is 1.83. The molecule has 1 aliphatic heterocycles. The molecule has 0 saturated carbocycles. The Morgan fingerprint density at radius 3 is 2.91 bits per heavy atom. The average Bonchev–Trinajstić information content (AvgIpc) is 3.04. The van der Waals surface area contributed by atoms with Crippen LogP contribution in [0, 0.1) is 6.92 Å². The van der Waals surface area contributed by atoms with E-state index in [9.17, 15) is 9.59 Å². The molecule has 1 atom stereocenters. The number of fused-ring (bicyclic) bond motifs is 1. The Morgan fingerprint density at radius 2 is 2.23 bits per heavy atom. The van der Waals surface area contributed by atoms with E-state index in [1.807, 2.05) is 25.1 Å². The predicted octanol–water partition coefficient (Wildman–Crippen LogP) is 1.84. The molecule has 0 aliphatic carbocycles.